The standard InChI is InChI=1S/C17H30N2O/c1-4-6-9-12-19(3)13-14-20-17-11-8-7-10-16(17)15-18-5-2/h7-8,10-11,18H,4-6,9,12-15H2,1-3H3. The second kappa shape index (κ2) is 10.7. The van der Waals surface area contributed by atoms with Crippen LogP contribution in [0.5, 0.6) is 5.75 Å². The topological polar surface area (TPSA) is 24.5 Å². The summed E-state index contributed by atoms with van der Waals surface area (Å²) in [4.78, 5) is 2.35. The molecule has 1 rings (SSSR count). The summed E-state index contributed by atoms with van der Waals surface area (Å²) in [6.45, 7) is 9.12. The fourth-order valence-corrected chi connectivity index (χ4v) is 2.11. The van der Waals surface area contributed by atoms with Crippen LogP contribution in [0.2, 0.25) is 0 Å². The highest BCUT2D eigenvalue weighted by Crippen LogP contribution is 2.17. The van der Waals surface area contributed by atoms with Crippen molar-refractivity contribution in [2.24, 2.45) is 0 Å². The molecule has 0 heterocycles. The largest absolute Gasteiger partial charge is 0.492 e. The minimum absolute atomic E-state index is 0.756. The Morgan fingerprint density at radius 1 is 1.10 bits per heavy atom. The maximum Gasteiger partial charge on any atom is 0.123 e. The van der Waals surface area contributed by atoms with Crippen molar-refractivity contribution in [2.45, 2.75) is 39.7 Å². The predicted molar refractivity (Wildman–Crippen MR) is 86.3 cm³/mol. The molecule has 1 aromatic carbocycles. The zero-order valence-corrected chi connectivity index (χ0v) is 13.3. The number of hydrogen-bond acceptors (Lipinski definition) is 3. The number of para-hydroxylation sites is 1. The van der Waals surface area contributed by atoms with Crippen LogP contribution < -0.4 is 10.1 Å². The lowest BCUT2D eigenvalue weighted by Gasteiger charge is -2.17. The summed E-state index contributed by atoms with van der Waals surface area (Å²) in [6.07, 6.45) is 3.88. The molecule has 0 saturated carbocycles. The average molecular weight is 278 g/mol. The van der Waals surface area contributed by atoms with Crippen molar-refractivity contribution in [3.63, 3.8) is 0 Å². The Morgan fingerprint density at radius 3 is 2.65 bits per heavy atom. The first-order valence-corrected chi connectivity index (χ1v) is 7.87. The Hall–Kier alpha value is -1.06. The van der Waals surface area contributed by atoms with Crippen LogP contribution in [-0.4, -0.2) is 38.2 Å². The Balaban J connectivity index is 2.30. The van der Waals surface area contributed by atoms with Crippen molar-refractivity contribution < 1.29 is 4.74 Å². The number of ether oxygens (including phenoxy) is 1. The van der Waals surface area contributed by atoms with Crippen molar-refractivity contribution >= 4 is 0 Å². The zero-order chi connectivity index (χ0) is 14.6. The highest BCUT2D eigenvalue weighted by Gasteiger charge is 2.03. The van der Waals surface area contributed by atoms with E-state index in [2.05, 4.69) is 49.3 Å². The number of benzene rings is 1. The smallest absolute Gasteiger partial charge is 0.123 e. The Labute approximate surface area is 124 Å². The molecule has 1 N–H and O–H groups in total. The van der Waals surface area contributed by atoms with Crippen molar-refractivity contribution in [1.29, 1.82) is 0 Å². The molecule has 0 aliphatic carbocycles. The SMILES string of the molecule is CCCCCN(C)CCOc1ccccc1CNCC. The molecule has 0 spiro atoms. The monoisotopic (exact) mass is 278 g/mol. The summed E-state index contributed by atoms with van der Waals surface area (Å²) in [7, 11) is 2.17. The second-order valence-electron chi connectivity index (χ2n) is 5.25. The van der Waals surface area contributed by atoms with Gasteiger partial charge in [-0.3, -0.25) is 0 Å². The molecular weight excluding hydrogens is 248 g/mol. The average Bonchev–Trinajstić information content (AvgIpc) is 2.46. The summed E-state index contributed by atoms with van der Waals surface area (Å²) < 4.78 is 5.93. The number of rotatable bonds is 11. The molecule has 3 heteroatoms. The highest BCUT2D eigenvalue weighted by atomic mass is 16.5. The van der Waals surface area contributed by atoms with E-state index in [1.807, 2.05) is 6.07 Å². The normalized spacial score (nSPS) is 11.0. The summed E-state index contributed by atoms with van der Waals surface area (Å²) in [5, 5.41) is 3.35. The fourth-order valence-electron chi connectivity index (χ4n) is 2.11. The number of nitrogens with one attached hydrogen (secondary N) is 1. The lowest BCUT2D eigenvalue weighted by molar-refractivity contribution is 0.233. The Morgan fingerprint density at radius 2 is 1.90 bits per heavy atom. The molecule has 0 bridgehead atoms. The van der Waals surface area contributed by atoms with Gasteiger partial charge in [0.25, 0.3) is 0 Å². The van der Waals surface area contributed by atoms with E-state index >= 15 is 0 Å². The van der Waals surface area contributed by atoms with E-state index in [0.717, 1.165) is 38.5 Å². The van der Waals surface area contributed by atoms with Gasteiger partial charge in [-0.05, 0) is 32.6 Å². The van der Waals surface area contributed by atoms with Crippen molar-refractivity contribution in [3.05, 3.63) is 29.8 Å². The van der Waals surface area contributed by atoms with Gasteiger partial charge in [-0.2, -0.15) is 0 Å². The number of nitrogens with zero attached hydrogens (tertiary/aromatic N) is 1. The zero-order valence-electron chi connectivity index (χ0n) is 13.3. The molecule has 1 aromatic rings. The Bertz CT molecular complexity index is 355. The maximum absolute atomic E-state index is 5.93. The first-order valence-electron chi connectivity index (χ1n) is 7.87. The number of likely N-dealkylation sites (N-methyl/N-ethyl adjacent to an activating group) is 1. The van der Waals surface area contributed by atoms with Crippen LogP contribution in [0.1, 0.15) is 38.7 Å². The van der Waals surface area contributed by atoms with Gasteiger partial charge >= 0.3 is 0 Å². The number of unbranched alkanes of at least 4 members (excludes halogenated alkanes) is 2. The van der Waals surface area contributed by atoms with Gasteiger partial charge in [-0.25, -0.2) is 0 Å². The van der Waals surface area contributed by atoms with Gasteiger partial charge in [0.15, 0.2) is 0 Å². The molecule has 3 nitrogen and oxygen atoms in total. The highest BCUT2D eigenvalue weighted by molar-refractivity contribution is 5.33. The van der Waals surface area contributed by atoms with Crippen LogP contribution >= 0.6 is 0 Å². The summed E-state index contributed by atoms with van der Waals surface area (Å²) in [5.41, 5.74) is 1.24. The molecule has 0 unspecified atom stereocenters. The molecular formula is C17H30N2O. The van der Waals surface area contributed by atoms with E-state index in [1.54, 1.807) is 0 Å². The van der Waals surface area contributed by atoms with E-state index in [1.165, 1.54) is 24.8 Å². The quantitative estimate of drug-likeness (QED) is 0.629. The van der Waals surface area contributed by atoms with Gasteiger partial charge in [-0.15, -0.1) is 0 Å². The van der Waals surface area contributed by atoms with Gasteiger partial charge < -0.3 is 15.0 Å². The molecule has 0 aliphatic heterocycles. The third kappa shape index (κ3) is 6.92. The molecule has 0 aromatic heterocycles. The molecule has 0 fully saturated rings. The van der Waals surface area contributed by atoms with Gasteiger partial charge in [-0.1, -0.05) is 44.9 Å². The summed E-state index contributed by atoms with van der Waals surface area (Å²) >= 11 is 0. The first-order chi connectivity index (χ1) is 9.77. The van der Waals surface area contributed by atoms with Crippen LogP contribution in [0.4, 0.5) is 0 Å². The lowest BCUT2D eigenvalue weighted by atomic mass is 10.2. The van der Waals surface area contributed by atoms with Crippen LogP contribution in [0.15, 0.2) is 24.3 Å². The van der Waals surface area contributed by atoms with E-state index in [0.29, 0.717) is 0 Å². The van der Waals surface area contributed by atoms with Crippen LogP contribution in [-0.2, 0) is 6.54 Å². The predicted octanol–water partition coefficient (Wildman–Crippen LogP) is 3.30. The van der Waals surface area contributed by atoms with E-state index in [4.69, 9.17) is 4.74 Å². The molecule has 0 atom stereocenters. The maximum atomic E-state index is 5.93. The third-order valence-corrected chi connectivity index (χ3v) is 3.41. The lowest BCUT2D eigenvalue weighted by Crippen LogP contribution is -2.25. The van der Waals surface area contributed by atoms with E-state index < -0.39 is 0 Å². The van der Waals surface area contributed by atoms with E-state index in [9.17, 15) is 0 Å². The van der Waals surface area contributed by atoms with Crippen molar-refractivity contribution in [1.82, 2.24) is 10.2 Å². The molecule has 0 amide bonds. The van der Waals surface area contributed by atoms with Gasteiger partial charge in [0.2, 0.25) is 0 Å². The molecule has 20 heavy (non-hydrogen) atoms. The van der Waals surface area contributed by atoms with Crippen LogP contribution in [0.25, 0.3) is 0 Å². The summed E-state index contributed by atoms with van der Waals surface area (Å²) in [5.74, 6) is 1.01. The molecule has 114 valence electrons. The van der Waals surface area contributed by atoms with Gasteiger partial charge in [0.05, 0.1) is 0 Å². The third-order valence-electron chi connectivity index (χ3n) is 3.41. The molecule has 0 aliphatic rings. The first kappa shape index (κ1) is 17.0. The van der Waals surface area contributed by atoms with Crippen LogP contribution in [0, 0.1) is 0 Å². The fraction of sp³-hybridized carbons (Fsp3) is 0.647. The number of hydrogen-bond donors (Lipinski definition) is 1. The van der Waals surface area contributed by atoms with Gasteiger partial charge in [0, 0.05) is 18.7 Å². The van der Waals surface area contributed by atoms with Crippen molar-refractivity contribution in [3.8, 4) is 5.75 Å². The van der Waals surface area contributed by atoms with Crippen LogP contribution in [0.3, 0.4) is 0 Å². The van der Waals surface area contributed by atoms with Gasteiger partial charge in [0.1, 0.15) is 12.4 Å². The van der Waals surface area contributed by atoms with E-state index in [-0.39, 0.29) is 0 Å². The van der Waals surface area contributed by atoms with Crippen molar-refractivity contribution in [2.75, 3.05) is 33.3 Å². The molecule has 0 radical (unpaired) electrons. The summed E-state index contributed by atoms with van der Waals surface area (Å²) in [6, 6.07) is 8.29. The second-order valence-corrected chi connectivity index (χ2v) is 5.25. The minimum Gasteiger partial charge on any atom is -0.492 e. The molecule has 0 saturated heterocycles. The Kier molecular flexibility index (Phi) is 9.09. The minimum atomic E-state index is 0.756.